The first-order valence-corrected chi connectivity index (χ1v) is 10.5. The fourth-order valence-electron chi connectivity index (χ4n) is 3.50. The third-order valence-corrected chi connectivity index (χ3v) is 6.28. The first-order chi connectivity index (χ1) is 14.0. The topological polar surface area (TPSA) is 86.6 Å². The van der Waals surface area contributed by atoms with E-state index in [0.29, 0.717) is 23.6 Å². The number of phenolic OH excluding ortho intramolecular Hbond substituents is 2. The monoisotopic (exact) mass is 440 g/mol. The van der Waals surface area contributed by atoms with Gasteiger partial charge in [0.15, 0.2) is 0 Å². The van der Waals surface area contributed by atoms with Gasteiger partial charge in [-0.25, -0.2) is 0 Å². The van der Waals surface area contributed by atoms with E-state index in [4.69, 9.17) is 9.90 Å². The number of phenols is 2. The number of para-hydroxylation sites is 2. The van der Waals surface area contributed by atoms with Gasteiger partial charge in [0.1, 0.15) is 0 Å². The molecule has 2 fully saturated rings. The number of benzene rings is 2. The summed E-state index contributed by atoms with van der Waals surface area (Å²) in [7, 11) is 0. The van der Waals surface area contributed by atoms with Crippen molar-refractivity contribution >= 4 is 18.4 Å². The van der Waals surface area contributed by atoms with Crippen molar-refractivity contribution in [1.82, 2.24) is 0 Å². The predicted molar refractivity (Wildman–Crippen MR) is 104 cm³/mol. The van der Waals surface area contributed by atoms with E-state index < -0.39 is 5.97 Å². The van der Waals surface area contributed by atoms with Crippen LogP contribution in [0, 0.1) is 0 Å². The fraction of sp³-hybridized carbons (Fsp3) is 0.318. The average Bonchev–Trinajstić information content (AvgIpc) is 3.03. The number of rotatable bonds is 2. The third-order valence-electron chi connectivity index (χ3n) is 4.84. The van der Waals surface area contributed by atoms with Gasteiger partial charge in [-0.05, 0) is 6.92 Å². The van der Waals surface area contributed by atoms with Crippen molar-refractivity contribution in [2.45, 2.75) is 44.7 Å². The van der Waals surface area contributed by atoms with E-state index in [2.05, 4.69) is 19.7 Å². The molecule has 7 heteroatoms. The maximum atomic E-state index is 10.1. The molecule has 1 aliphatic carbocycles. The molecule has 1 saturated heterocycles. The second kappa shape index (κ2) is 9.71. The van der Waals surface area contributed by atoms with Crippen LogP contribution >= 0.6 is 0 Å². The van der Waals surface area contributed by atoms with Crippen LogP contribution < -0.4 is 5.11 Å². The molecule has 29 heavy (non-hydrogen) atoms. The van der Waals surface area contributed by atoms with Crippen LogP contribution in [0.1, 0.15) is 43.7 Å². The molecule has 6 nitrogen and oxygen atoms in total. The zero-order valence-electron chi connectivity index (χ0n) is 16.2. The van der Waals surface area contributed by atoms with Gasteiger partial charge in [-0.3, -0.25) is 0 Å². The molecule has 0 radical (unpaired) electrons. The van der Waals surface area contributed by atoms with Crippen LogP contribution in [0.4, 0.5) is 0 Å². The number of carboxylic acid groups (broad SMARTS) is 1. The van der Waals surface area contributed by atoms with Crippen molar-refractivity contribution in [3.05, 3.63) is 59.7 Å². The standard InChI is InChI=1S/C20H22N2O2.C2H4O2.Co/c23-19-11-5-1-7-15(19)13-21-17-9-3-4-10-18(17)22-14-16-8-2-6-12-20(16)24;1-2(3)4;/h1-2,5-8,11-14,17-18,23-24H,3-4,9-10H2;1H3,(H,3,4);/q;;+2/p-1. The summed E-state index contributed by atoms with van der Waals surface area (Å²) >= 11 is 1.11. The molecule has 0 bridgehead atoms. The van der Waals surface area contributed by atoms with E-state index >= 15 is 0 Å². The molecule has 2 aliphatic rings. The van der Waals surface area contributed by atoms with E-state index in [9.17, 15) is 10.2 Å². The average molecular weight is 440 g/mol. The van der Waals surface area contributed by atoms with Crippen molar-refractivity contribution in [3.8, 4) is 11.5 Å². The summed E-state index contributed by atoms with van der Waals surface area (Å²) < 4.78 is 4.62. The molecule has 4 rings (SSSR count). The van der Waals surface area contributed by atoms with Gasteiger partial charge in [0.05, 0.1) is 0 Å². The van der Waals surface area contributed by atoms with Crippen LogP contribution in [-0.2, 0) is 19.9 Å². The number of carboxylic acids is 1. The Balaban J connectivity index is 0.000000552. The van der Waals surface area contributed by atoms with Crippen molar-refractivity contribution in [3.63, 3.8) is 0 Å². The zero-order valence-corrected chi connectivity index (χ0v) is 17.2. The van der Waals surface area contributed by atoms with Crippen LogP contribution in [0.15, 0.2) is 48.5 Å². The first kappa shape index (κ1) is 21.1. The van der Waals surface area contributed by atoms with Gasteiger partial charge in [0, 0.05) is 5.97 Å². The summed E-state index contributed by atoms with van der Waals surface area (Å²) in [6.45, 7) is 0.972. The molecule has 1 heterocycles. The van der Waals surface area contributed by atoms with Crippen molar-refractivity contribution in [1.29, 1.82) is 0 Å². The van der Waals surface area contributed by atoms with Crippen LogP contribution in [0.3, 0.4) is 0 Å². The van der Waals surface area contributed by atoms with Crippen molar-refractivity contribution in [2.75, 3.05) is 0 Å². The normalized spacial score (nSPS) is 23.6. The van der Waals surface area contributed by atoms with E-state index in [1.807, 2.05) is 36.4 Å². The van der Waals surface area contributed by atoms with E-state index in [0.717, 1.165) is 46.0 Å². The number of aromatic hydroxyl groups is 2. The van der Waals surface area contributed by atoms with Crippen LogP contribution in [0.2, 0.25) is 0 Å². The zero-order chi connectivity index (χ0) is 20.8. The Morgan fingerprint density at radius 1 is 0.931 bits per heavy atom. The number of fused-ring (bicyclic) bond motifs is 1. The molecule has 2 atom stereocenters. The number of carbonyl (C=O) groups excluding carboxylic acids is 1. The number of carbonyl (C=O) groups is 1. The van der Waals surface area contributed by atoms with E-state index in [1.54, 1.807) is 12.1 Å². The minimum absolute atomic E-state index is 0.313. The third kappa shape index (κ3) is 5.45. The molecular weight excluding hydrogens is 415 g/mol. The van der Waals surface area contributed by atoms with Gasteiger partial charge < -0.3 is 9.90 Å². The summed E-state index contributed by atoms with van der Waals surface area (Å²) in [6, 6.07) is 15.8. The number of hydrogen-bond acceptors (Lipinski definition) is 4. The Labute approximate surface area is 176 Å². The minimum atomic E-state index is -1.08. The summed E-state index contributed by atoms with van der Waals surface area (Å²) in [5, 5.41) is 29.1. The molecule has 2 aromatic carbocycles. The SMILES string of the molecule is CC(=O)[O-].Oc1ccccc1C=[N+]1[Co][N+](=Cc2ccccc2O)C2CCCCC21. The van der Waals surface area contributed by atoms with Crippen LogP contribution in [-0.4, -0.2) is 47.9 Å². The molecule has 2 unspecified atom stereocenters. The Bertz CT molecular complexity index is 868. The van der Waals surface area contributed by atoms with Gasteiger partial charge in [-0.15, -0.1) is 0 Å². The molecule has 1 aliphatic heterocycles. The van der Waals surface area contributed by atoms with Crippen LogP contribution in [0.25, 0.3) is 0 Å². The number of aliphatic carboxylic acids is 1. The second-order valence-corrected chi connectivity index (χ2v) is 8.28. The van der Waals surface area contributed by atoms with Gasteiger partial charge in [-0.1, -0.05) is 0 Å². The summed E-state index contributed by atoms with van der Waals surface area (Å²) in [4.78, 5) is 8.89. The summed E-state index contributed by atoms with van der Waals surface area (Å²) in [5.74, 6) is -0.458. The molecule has 0 amide bonds. The molecule has 2 N–H and O–H groups in total. The van der Waals surface area contributed by atoms with Crippen molar-refractivity contribution < 1.29 is 42.5 Å². The molecule has 2 aromatic rings. The summed E-state index contributed by atoms with van der Waals surface area (Å²) in [5.41, 5.74) is 1.70. The molecule has 0 aromatic heterocycles. The maximum absolute atomic E-state index is 10.1. The number of nitrogens with zero attached hydrogens (tertiary/aromatic N) is 2. The Hall–Kier alpha value is -2.64. The van der Waals surface area contributed by atoms with E-state index in [-0.39, 0.29) is 0 Å². The first-order valence-electron chi connectivity index (χ1n) is 9.57. The summed E-state index contributed by atoms with van der Waals surface area (Å²) in [6.07, 6.45) is 8.93. The second-order valence-electron chi connectivity index (χ2n) is 7.00. The Kier molecular flexibility index (Phi) is 7.06. The molecular formula is C22H25CoN2O4+. The predicted octanol–water partition coefficient (Wildman–Crippen LogP) is 1.65. The quantitative estimate of drug-likeness (QED) is 0.744. The van der Waals surface area contributed by atoms with Crippen LogP contribution in [0.5, 0.6) is 11.5 Å². The number of hydrogen-bond donors (Lipinski definition) is 2. The van der Waals surface area contributed by atoms with E-state index in [1.165, 1.54) is 12.8 Å². The molecule has 0 spiro atoms. The molecule has 1 saturated carbocycles. The van der Waals surface area contributed by atoms with Gasteiger partial charge in [-0.2, -0.15) is 0 Å². The van der Waals surface area contributed by atoms with Gasteiger partial charge in [0.25, 0.3) is 0 Å². The Morgan fingerprint density at radius 2 is 1.31 bits per heavy atom. The van der Waals surface area contributed by atoms with Gasteiger partial charge >= 0.3 is 154 Å². The molecule has 155 valence electrons. The fourth-order valence-corrected chi connectivity index (χ4v) is 5.13. The van der Waals surface area contributed by atoms with Crippen molar-refractivity contribution in [2.24, 2.45) is 0 Å². The van der Waals surface area contributed by atoms with Gasteiger partial charge in [0.2, 0.25) is 0 Å². The Morgan fingerprint density at radius 3 is 1.69 bits per heavy atom.